The molecule has 0 saturated carbocycles. The van der Waals surface area contributed by atoms with E-state index in [2.05, 4.69) is 5.10 Å². The van der Waals surface area contributed by atoms with E-state index in [1.54, 1.807) is 23.0 Å². The Morgan fingerprint density at radius 2 is 2.00 bits per heavy atom. The van der Waals surface area contributed by atoms with Gasteiger partial charge in [0.2, 0.25) is 0 Å². The van der Waals surface area contributed by atoms with Crippen molar-refractivity contribution >= 4 is 0 Å². The van der Waals surface area contributed by atoms with E-state index in [1.165, 1.54) is 12.1 Å². The van der Waals surface area contributed by atoms with Crippen LogP contribution in [0.4, 0.5) is 4.39 Å². The van der Waals surface area contributed by atoms with Crippen LogP contribution < -0.4 is 5.73 Å². The highest BCUT2D eigenvalue weighted by Gasteiger charge is 2.10. The molecule has 1 aromatic heterocycles. The Labute approximate surface area is 105 Å². The third-order valence-electron chi connectivity index (χ3n) is 2.72. The summed E-state index contributed by atoms with van der Waals surface area (Å²) in [5, 5.41) is 13.7. The summed E-state index contributed by atoms with van der Waals surface area (Å²) in [6.07, 6.45) is 2.63. The van der Waals surface area contributed by atoms with Gasteiger partial charge in [-0.3, -0.25) is 4.68 Å². The molecule has 1 heterocycles. The van der Waals surface area contributed by atoms with E-state index in [-0.39, 0.29) is 12.4 Å². The van der Waals surface area contributed by atoms with E-state index in [1.807, 2.05) is 0 Å². The molecule has 0 atom stereocenters. The van der Waals surface area contributed by atoms with Gasteiger partial charge in [0, 0.05) is 23.9 Å². The van der Waals surface area contributed by atoms with E-state index in [0.717, 1.165) is 17.5 Å². The molecule has 0 unspecified atom stereocenters. The van der Waals surface area contributed by atoms with Crippen molar-refractivity contribution in [1.29, 1.82) is 0 Å². The van der Waals surface area contributed by atoms with Crippen LogP contribution in [0.5, 0.6) is 0 Å². The van der Waals surface area contributed by atoms with Gasteiger partial charge in [0.1, 0.15) is 5.82 Å². The standard InChI is InChI=1S/C13H16FN3O/c14-12-4-2-10(3-5-12)13-11(9-18)8-17(16-13)7-1-6-15/h2-5,8,18H,1,6-7,9,15H2. The number of hydrogen-bond donors (Lipinski definition) is 2. The second-order valence-corrected chi connectivity index (χ2v) is 4.07. The van der Waals surface area contributed by atoms with Gasteiger partial charge in [-0.25, -0.2) is 4.39 Å². The number of aromatic nitrogens is 2. The zero-order valence-electron chi connectivity index (χ0n) is 10.0. The summed E-state index contributed by atoms with van der Waals surface area (Å²) in [6.45, 7) is 1.22. The van der Waals surface area contributed by atoms with Gasteiger partial charge < -0.3 is 10.8 Å². The zero-order chi connectivity index (χ0) is 13.0. The normalized spacial score (nSPS) is 10.8. The molecule has 2 aromatic rings. The lowest BCUT2D eigenvalue weighted by Gasteiger charge is -2.00. The summed E-state index contributed by atoms with van der Waals surface area (Å²) in [5.74, 6) is -0.285. The van der Waals surface area contributed by atoms with Crippen molar-refractivity contribution in [3.8, 4) is 11.3 Å². The lowest BCUT2D eigenvalue weighted by atomic mass is 10.1. The van der Waals surface area contributed by atoms with Crippen molar-refractivity contribution in [2.45, 2.75) is 19.6 Å². The van der Waals surface area contributed by atoms with Crippen LogP contribution in [0.25, 0.3) is 11.3 Å². The van der Waals surface area contributed by atoms with Gasteiger partial charge in [-0.05, 0) is 37.2 Å². The van der Waals surface area contributed by atoms with Crippen molar-refractivity contribution in [2.24, 2.45) is 5.73 Å². The lowest BCUT2D eigenvalue weighted by Crippen LogP contribution is -2.06. The van der Waals surface area contributed by atoms with E-state index in [0.29, 0.717) is 18.8 Å². The fraction of sp³-hybridized carbons (Fsp3) is 0.308. The third kappa shape index (κ3) is 2.75. The van der Waals surface area contributed by atoms with Gasteiger partial charge >= 0.3 is 0 Å². The van der Waals surface area contributed by atoms with Gasteiger partial charge in [-0.2, -0.15) is 5.10 Å². The van der Waals surface area contributed by atoms with Crippen LogP contribution in [0.15, 0.2) is 30.5 Å². The second-order valence-electron chi connectivity index (χ2n) is 4.07. The quantitative estimate of drug-likeness (QED) is 0.844. The fourth-order valence-corrected chi connectivity index (χ4v) is 1.80. The molecule has 0 radical (unpaired) electrons. The number of benzene rings is 1. The maximum Gasteiger partial charge on any atom is 0.123 e. The summed E-state index contributed by atoms with van der Waals surface area (Å²) in [4.78, 5) is 0. The smallest absolute Gasteiger partial charge is 0.123 e. The maximum absolute atomic E-state index is 12.9. The Morgan fingerprint density at radius 3 is 2.61 bits per heavy atom. The second kappa shape index (κ2) is 5.75. The van der Waals surface area contributed by atoms with E-state index in [4.69, 9.17) is 5.73 Å². The van der Waals surface area contributed by atoms with Gasteiger partial charge in [0.15, 0.2) is 0 Å². The number of nitrogens with two attached hydrogens (primary N) is 1. The van der Waals surface area contributed by atoms with Crippen LogP contribution in [0.3, 0.4) is 0 Å². The molecule has 0 amide bonds. The summed E-state index contributed by atoms with van der Waals surface area (Å²) in [5.41, 5.74) is 7.67. The first-order valence-corrected chi connectivity index (χ1v) is 5.88. The molecule has 3 N–H and O–H groups in total. The van der Waals surface area contributed by atoms with Crippen molar-refractivity contribution in [3.05, 3.63) is 41.8 Å². The predicted octanol–water partition coefficient (Wildman–Crippen LogP) is 1.53. The molecule has 5 heteroatoms. The number of aliphatic hydroxyl groups excluding tert-OH is 1. The molecule has 1 aromatic carbocycles. The van der Waals surface area contributed by atoms with Gasteiger partial charge in [-0.1, -0.05) is 0 Å². The zero-order valence-corrected chi connectivity index (χ0v) is 10.0. The molecular formula is C13H16FN3O. The predicted molar refractivity (Wildman–Crippen MR) is 67.2 cm³/mol. The summed E-state index contributed by atoms with van der Waals surface area (Å²) in [6, 6.07) is 6.08. The number of aliphatic hydroxyl groups is 1. The minimum absolute atomic E-state index is 0.0880. The van der Waals surface area contributed by atoms with Crippen LogP contribution >= 0.6 is 0 Å². The largest absolute Gasteiger partial charge is 0.392 e. The van der Waals surface area contributed by atoms with Crippen LogP contribution in [0.1, 0.15) is 12.0 Å². The number of hydrogen-bond acceptors (Lipinski definition) is 3. The number of nitrogens with zero attached hydrogens (tertiary/aromatic N) is 2. The first-order chi connectivity index (χ1) is 8.74. The Balaban J connectivity index is 2.30. The Hall–Kier alpha value is -1.72. The van der Waals surface area contributed by atoms with Gasteiger partial charge in [0.05, 0.1) is 12.3 Å². The average molecular weight is 249 g/mol. The topological polar surface area (TPSA) is 64.1 Å². The van der Waals surface area contributed by atoms with Crippen LogP contribution in [0, 0.1) is 5.82 Å². The van der Waals surface area contributed by atoms with E-state index < -0.39 is 0 Å². The van der Waals surface area contributed by atoms with Crippen LogP contribution in [-0.2, 0) is 13.2 Å². The molecule has 0 aliphatic heterocycles. The fourth-order valence-electron chi connectivity index (χ4n) is 1.80. The lowest BCUT2D eigenvalue weighted by molar-refractivity contribution is 0.282. The Bertz CT molecular complexity index is 507. The molecular weight excluding hydrogens is 233 g/mol. The monoisotopic (exact) mass is 249 g/mol. The first-order valence-electron chi connectivity index (χ1n) is 5.88. The molecule has 0 aliphatic carbocycles. The first kappa shape index (κ1) is 12.7. The van der Waals surface area contributed by atoms with E-state index >= 15 is 0 Å². The van der Waals surface area contributed by atoms with Crippen molar-refractivity contribution in [3.63, 3.8) is 0 Å². The number of aryl methyl sites for hydroxylation is 1. The van der Waals surface area contributed by atoms with Crippen molar-refractivity contribution < 1.29 is 9.50 Å². The minimum atomic E-state index is -0.285. The molecule has 4 nitrogen and oxygen atoms in total. The molecule has 0 spiro atoms. The van der Waals surface area contributed by atoms with Gasteiger partial charge in [0.25, 0.3) is 0 Å². The van der Waals surface area contributed by atoms with Gasteiger partial charge in [-0.15, -0.1) is 0 Å². The summed E-state index contributed by atoms with van der Waals surface area (Å²) < 4.78 is 14.6. The highest BCUT2D eigenvalue weighted by Crippen LogP contribution is 2.22. The molecule has 96 valence electrons. The summed E-state index contributed by atoms with van der Waals surface area (Å²) >= 11 is 0. The SMILES string of the molecule is NCCCn1cc(CO)c(-c2ccc(F)cc2)n1. The van der Waals surface area contributed by atoms with Crippen molar-refractivity contribution in [2.75, 3.05) is 6.54 Å². The average Bonchev–Trinajstić information content (AvgIpc) is 2.80. The van der Waals surface area contributed by atoms with Crippen molar-refractivity contribution in [1.82, 2.24) is 9.78 Å². The highest BCUT2D eigenvalue weighted by molar-refractivity contribution is 5.62. The molecule has 0 saturated heterocycles. The molecule has 0 bridgehead atoms. The number of halogens is 1. The Kier molecular flexibility index (Phi) is 4.07. The minimum Gasteiger partial charge on any atom is -0.392 e. The number of rotatable bonds is 5. The third-order valence-corrected chi connectivity index (χ3v) is 2.72. The highest BCUT2D eigenvalue weighted by atomic mass is 19.1. The maximum atomic E-state index is 12.9. The van der Waals surface area contributed by atoms with Crippen LogP contribution in [0.2, 0.25) is 0 Å². The Morgan fingerprint density at radius 1 is 1.28 bits per heavy atom. The summed E-state index contributed by atoms with van der Waals surface area (Å²) in [7, 11) is 0. The molecule has 0 fully saturated rings. The van der Waals surface area contributed by atoms with Crippen LogP contribution in [-0.4, -0.2) is 21.4 Å². The molecule has 2 rings (SSSR count). The van der Waals surface area contributed by atoms with E-state index in [9.17, 15) is 9.50 Å². The molecule has 0 aliphatic rings. The molecule has 18 heavy (non-hydrogen) atoms.